The zero-order valence-electron chi connectivity index (χ0n) is 5.82. The minimum absolute atomic E-state index is 0.604. The second kappa shape index (κ2) is 2.51. The van der Waals surface area contributed by atoms with Crippen LogP contribution >= 0.6 is 12.2 Å². The molecule has 0 radical (unpaired) electrons. The fourth-order valence-electron chi connectivity index (χ4n) is 1.10. The Morgan fingerprint density at radius 3 is 2.91 bits per heavy atom. The highest BCUT2D eigenvalue weighted by molar-refractivity contribution is 7.80. The number of rotatable bonds is 0. The van der Waals surface area contributed by atoms with E-state index in [9.17, 15) is 0 Å². The third kappa shape index (κ3) is 1.07. The van der Waals surface area contributed by atoms with E-state index in [2.05, 4.69) is 10.2 Å². The second-order valence-electron chi connectivity index (χ2n) is 2.36. The summed E-state index contributed by atoms with van der Waals surface area (Å²) in [5.74, 6) is 0. The van der Waals surface area contributed by atoms with Crippen LogP contribution in [0.15, 0.2) is 34.5 Å². The molecule has 0 atom stereocenters. The van der Waals surface area contributed by atoms with E-state index in [1.165, 1.54) is 5.56 Å². The number of hydrogen-bond donors (Lipinski definition) is 0. The van der Waals surface area contributed by atoms with E-state index in [4.69, 9.17) is 12.2 Å². The fourth-order valence-corrected chi connectivity index (χ4v) is 1.35. The molecule has 0 aromatic heterocycles. The topological polar surface area (TPSA) is 24.7 Å². The van der Waals surface area contributed by atoms with Crippen molar-refractivity contribution in [3.8, 4) is 0 Å². The summed E-state index contributed by atoms with van der Waals surface area (Å²) >= 11 is 5.00. The zero-order valence-corrected chi connectivity index (χ0v) is 6.64. The molecular weight excluding hydrogens is 156 g/mol. The Morgan fingerprint density at radius 1 is 1.27 bits per heavy atom. The maximum atomic E-state index is 5.00. The van der Waals surface area contributed by atoms with Crippen molar-refractivity contribution in [2.45, 2.75) is 6.54 Å². The Kier molecular flexibility index (Phi) is 1.51. The number of nitrogens with zero attached hydrogens (tertiary/aromatic N) is 2. The van der Waals surface area contributed by atoms with E-state index in [-0.39, 0.29) is 0 Å². The van der Waals surface area contributed by atoms with Gasteiger partial charge in [0.2, 0.25) is 0 Å². The molecule has 0 saturated carbocycles. The van der Waals surface area contributed by atoms with E-state index in [0.29, 0.717) is 11.5 Å². The van der Waals surface area contributed by atoms with Crippen LogP contribution in [0.4, 0.5) is 0 Å². The van der Waals surface area contributed by atoms with Crippen LogP contribution in [-0.4, -0.2) is 4.99 Å². The van der Waals surface area contributed by atoms with Gasteiger partial charge in [-0.1, -0.05) is 36.5 Å². The van der Waals surface area contributed by atoms with Gasteiger partial charge >= 0.3 is 0 Å². The average molecular weight is 162 g/mol. The highest BCUT2D eigenvalue weighted by atomic mass is 32.1. The molecule has 11 heavy (non-hydrogen) atoms. The van der Waals surface area contributed by atoms with Crippen LogP contribution in [0.1, 0.15) is 11.1 Å². The lowest BCUT2D eigenvalue weighted by Crippen LogP contribution is -2.02. The van der Waals surface area contributed by atoms with Crippen LogP contribution in [0.3, 0.4) is 0 Å². The van der Waals surface area contributed by atoms with Gasteiger partial charge in [0, 0.05) is 5.56 Å². The van der Waals surface area contributed by atoms with Crippen molar-refractivity contribution in [3.05, 3.63) is 35.4 Å². The molecule has 0 saturated heterocycles. The van der Waals surface area contributed by atoms with Gasteiger partial charge in [0.05, 0.1) is 6.54 Å². The third-order valence-electron chi connectivity index (χ3n) is 1.65. The molecule has 0 spiro atoms. The van der Waals surface area contributed by atoms with Crippen molar-refractivity contribution in [2.24, 2.45) is 10.2 Å². The van der Waals surface area contributed by atoms with Crippen molar-refractivity contribution < 1.29 is 0 Å². The van der Waals surface area contributed by atoms with Crippen LogP contribution in [0.25, 0.3) is 0 Å². The Balaban J connectivity index is 2.59. The maximum absolute atomic E-state index is 5.00. The normalized spacial score (nSPS) is 14.7. The molecule has 1 aliphatic heterocycles. The van der Waals surface area contributed by atoms with Crippen LogP contribution < -0.4 is 0 Å². The van der Waals surface area contributed by atoms with Crippen molar-refractivity contribution in [1.82, 2.24) is 0 Å². The standard InChI is InChI=1S/C8H6N2S/c11-8-7-4-2-1-3-6(7)5-9-10-8/h1-4H,5H2. The zero-order chi connectivity index (χ0) is 7.68. The van der Waals surface area contributed by atoms with E-state index in [1.807, 2.05) is 24.3 Å². The number of benzene rings is 1. The summed E-state index contributed by atoms with van der Waals surface area (Å²) < 4.78 is 0. The van der Waals surface area contributed by atoms with Gasteiger partial charge in [-0.05, 0) is 5.56 Å². The lowest BCUT2D eigenvalue weighted by Gasteiger charge is -2.07. The lowest BCUT2D eigenvalue weighted by atomic mass is 10.1. The van der Waals surface area contributed by atoms with E-state index < -0.39 is 0 Å². The molecular formula is C8H6N2S. The van der Waals surface area contributed by atoms with Gasteiger partial charge < -0.3 is 0 Å². The number of hydrogen-bond acceptors (Lipinski definition) is 2. The van der Waals surface area contributed by atoms with Gasteiger partial charge in [-0.15, -0.1) is 5.11 Å². The first-order valence-electron chi connectivity index (χ1n) is 3.37. The molecule has 0 bridgehead atoms. The van der Waals surface area contributed by atoms with E-state index in [1.54, 1.807) is 0 Å². The van der Waals surface area contributed by atoms with Crippen molar-refractivity contribution in [1.29, 1.82) is 0 Å². The van der Waals surface area contributed by atoms with E-state index in [0.717, 1.165) is 5.56 Å². The molecule has 1 aromatic rings. The van der Waals surface area contributed by atoms with Crippen LogP contribution in [0, 0.1) is 0 Å². The van der Waals surface area contributed by atoms with Gasteiger partial charge in [0.25, 0.3) is 0 Å². The molecule has 0 N–H and O–H groups in total. The highest BCUT2D eigenvalue weighted by Gasteiger charge is 2.09. The smallest absolute Gasteiger partial charge is 0.155 e. The Bertz CT molecular complexity index is 331. The maximum Gasteiger partial charge on any atom is 0.155 e. The minimum atomic E-state index is 0.604. The Labute approximate surface area is 70.0 Å². The lowest BCUT2D eigenvalue weighted by molar-refractivity contribution is 0.950. The molecule has 0 unspecified atom stereocenters. The highest BCUT2D eigenvalue weighted by Crippen LogP contribution is 2.16. The summed E-state index contributed by atoms with van der Waals surface area (Å²) in [6, 6.07) is 7.96. The monoisotopic (exact) mass is 162 g/mol. The molecule has 2 rings (SSSR count). The van der Waals surface area contributed by atoms with Gasteiger partial charge in [-0.2, -0.15) is 5.11 Å². The largest absolute Gasteiger partial charge is 0.183 e. The summed E-state index contributed by atoms with van der Waals surface area (Å²) in [4.78, 5) is 0.604. The number of fused-ring (bicyclic) bond motifs is 1. The predicted molar refractivity (Wildman–Crippen MR) is 46.7 cm³/mol. The first-order chi connectivity index (χ1) is 5.38. The third-order valence-corrected chi connectivity index (χ3v) is 1.95. The van der Waals surface area contributed by atoms with Gasteiger partial charge in [0.15, 0.2) is 4.99 Å². The van der Waals surface area contributed by atoms with Gasteiger partial charge in [0.1, 0.15) is 0 Å². The van der Waals surface area contributed by atoms with Crippen molar-refractivity contribution >= 4 is 17.2 Å². The van der Waals surface area contributed by atoms with Crippen molar-refractivity contribution in [2.75, 3.05) is 0 Å². The minimum Gasteiger partial charge on any atom is -0.183 e. The number of thiocarbonyl (C=S) groups is 1. The number of azo groups is 1. The summed E-state index contributed by atoms with van der Waals surface area (Å²) in [5, 5.41) is 7.71. The SMILES string of the molecule is S=C1N=NCc2ccccc21. The Morgan fingerprint density at radius 2 is 2.09 bits per heavy atom. The summed E-state index contributed by atoms with van der Waals surface area (Å²) in [5.41, 5.74) is 2.23. The first-order valence-corrected chi connectivity index (χ1v) is 3.78. The molecule has 0 fully saturated rings. The van der Waals surface area contributed by atoms with Crippen LogP contribution in [-0.2, 0) is 6.54 Å². The summed E-state index contributed by atoms with van der Waals surface area (Å²) in [7, 11) is 0. The predicted octanol–water partition coefficient (Wildman–Crippen LogP) is 2.33. The van der Waals surface area contributed by atoms with Crippen LogP contribution in [0.5, 0.6) is 0 Å². The van der Waals surface area contributed by atoms with Gasteiger partial charge in [-0.25, -0.2) is 0 Å². The molecule has 0 aliphatic carbocycles. The molecule has 3 heteroatoms. The van der Waals surface area contributed by atoms with Gasteiger partial charge in [-0.3, -0.25) is 0 Å². The average Bonchev–Trinajstić information content (AvgIpc) is 2.06. The molecule has 1 aromatic carbocycles. The molecule has 0 amide bonds. The molecule has 2 nitrogen and oxygen atoms in total. The molecule has 54 valence electrons. The quantitative estimate of drug-likeness (QED) is 0.537. The van der Waals surface area contributed by atoms with E-state index >= 15 is 0 Å². The molecule has 1 heterocycles. The summed E-state index contributed by atoms with van der Waals surface area (Å²) in [6.07, 6.45) is 0. The van der Waals surface area contributed by atoms with Crippen LogP contribution in [0.2, 0.25) is 0 Å². The fraction of sp³-hybridized carbons (Fsp3) is 0.125. The second-order valence-corrected chi connectivity index (χ2v) is 2.75. The van der Waals surface area contributed by atoms with Crippen molar-refractivity contribution in [3.63, 3.8) is 0 Å². The first kappa shape index (κ1) is 6.61. The summed E-state index contributed by atoms with van der Waals surface area (Å²) in [6.45, 7) is 0.663. The Hall–Kier alpha value is -1.09. The molecule has 1 aliphatic rings.